The van der Waals surface area contributed by atoms with Gasteiger partial charge in [0.15, 0.2) is 0 Å². The summed E-state index contributed by atoms with van der Waals surface area (Å²) >= 11 is 0. The second-order valence-electron chi connectivity index (χ2n) is 6.51. The van der Waals surface area contributed by atoms with E-state index in [1.54, 1.807) is 7.11 Å². The Morgan fingerprint density at radius 1 is 1.17 bits per heavy atom. The SMILES string of the molecule is COc1cc2c(N)nc(N3CCN(C)CC3)nc2c2c1C=CCC2. The number of methoxy groups -OCH3 is 1. The van der Waals surface area contributed by atoms with Gasteiger partial charge in [-0.05, 0) is 31.5 Å². The highest BCUT2D eigenvalue weighted by Gasteiger charge is 2.21. The summed E-state index contributed by atoms with van der Waals surface area (Å²) in [6, 6.07) is 1.97. The Morgan fingerprint density at radius 3 is 2.71 bits per heavy atom. The largest absolute Gasteiger partial charge is 0.496 e. The summed E-state index contributed by atoms with van der Waals surface area (Å²) < 4.78 is 5.56. The molecule has 2 aromatic rings. The fourth-order valence-electron chi connectivity index (χ4n) is 3.51. The molecule has 2 N–H and O–H groups in total. The fraction of sp³-hybridized carbons (Fsp3) is 0.444. The molecule has 0 amide bonds. The minimum atomic E-state index is 0.532. The van der Waals surface area contributed by atoms with Gasteiger partial charge in [0.25, 0.3) is 0 Å². The van der Waals surface area contributed by atoms with Crippen molar-refractivity contribution in [2.45, 2.75) is 12.8 Å². The summed E-state index contributed by atoms with van der Waals surface area (Å²) in [5.74, 6) is 2.12. The molecule has 0 saturated carbocycles. The Kier molecular flexibility index (Phi) is 3.76. The van der Waals surface area contributed by atoms with E-state index in [2.05, 4.69) is 34.0 Å². The number of nitrogens with zero attached hydrogens (tertiary/aromatic N) is 4. The number of fused-ring (bicyclic) bond motifs is 3. The van der Waals surface area contributed by atoms with Crippen LogP contribution in [0, 0.1) is 0 Å². The molecule has 1 fully saturated rings. The third-order valence-electron chi connectivity index (χ3n) is 4.97. The van der Waals surface area contributed by atoms with Crippen LogP contribution in [0.2, 0.25) is 0 Å². The number of likely N-dealkylation sites (N-methyl/N-ethyl adjacent to an activating group) is 1. The lowest BCUT2D eigenvalue weighted by Gasteiger charge is -2.32. The van der Waals surface area contributed by atoms with E-state index in [4.69, 9.17) is 15.5 Å². The molecule has 2 heterocycles. The minimum absolute atomic E-state index is 0.532. The van der Waals surface area contributed by atoms with E-state index in [-0.39, 0.29) is 0 Å². The number of hydrogen-bond acceptors (Lipinski definition) is 6. The van der Waals surface area contributed by atoms with Gasteiger partial charge in [0.05, 0.1) is 12.6 Å². The van der Waals surface area contributed by atoms with Crippen molar-refractivity contribution < 1.29 is 4.74 Å². The van der Waals surface area contributed by atoms with Crippen LogP contribution in [-0.4, -0.2) is 55.2 Å². The van der Waals surface area contributed by atoms with E-state index in [0.29, 0.717) is 5.82 Å². The minimum Gasteiger partial charge on any atom is -0.496 e. The Balaban J connectivity index is 1.86. The van der Waals surface area contributed by atoms with Gasteiger partial charge in [0.1, 0.15) is 11.6 Å². The molecule has 1 aliphatic carbocycles. The average molecular weight is 325 g/mol. The highest BCUT2D eigenvalue weighted by atomic mass is 16.5. The molecule has 24 heavy (non-hydrogen) atoms. The van der Waals surface area contributed by atoms with Crippen molar-refractivity contribution in [3.05, 3.63) is 23.3 Å². The second kappa shape index (κ2) is 5.94. The van der Waals surface area contributed by atoms with Crippen molar-refractivity contribution >= 4 is 28.7 Å². The molecule has 1 saturated heterocycles. The first-order valence-corrected chi connectivity index (χ1v) is 8.44. The van der Waals surface area contributed by atoms with Gasteiger partial charge in [-0.3, -0.25) is 0 Å². The van der Waals surface area contributed by atoms with Crippen LogP contribution in [0.1, 0.15) is 17.5 Å². The lowest BCUT2D eigenvalue weighted by atomic mass is 9.93. The first kappa shape index (κ1) is 15.2. The van der Waals surface area contributed by atoms with Crippen molar-refractivity contribution in [3.63, 3.8) is 0 Å². The molecule has 0 spiro atoms. The van der Waals surface area contributed by atoms with Crippen LogP contribution in [-0.2, 0) is 6.42 Å². The van der Waals surface area contributed by atoms with Crippen LogP contribution in [0.4, 0.5) is 11.8 Å². The lowest BCUT2D eigenvalue weighted by Crippen LogP contribution is -2.45. The van der Waals surface area contributed by atoms with Crippen molar-refractivity contribution in [2.24, 2.45) is 0 Å². The van der Waals surface area contributed by atoms with Crippen LogP contribution >= 0.6 is 0 Å². The Bertz CT molecular complexity index is 809. The molecule has 126 valence electrons. The summed E-state index contributed by atoms with van der Waals surface area (Å²) in [6.07, 6.45) is 6.29. The molecule has 1 aliphatic heterocycles. The van der Waals surface area contributed by atoms with E-state index >= 15 is 0 Å². The molecular weight excluding hydrogens is 302 g/mol. The molecule has 0 atom stereocenters. The monoisotopic (exact) mass is 325 g/mol. The standard InChI is InChI=1S/C18H23N5O/c1-22-7-9-23(10-8-22)18-20-16-13-6-4-3-5-12(13)15(24-2)11-14(16)17(19)21-18/h3,5,11H,4,6-10H2,1-2H3,(H2,19,20,21). The highest BCUT2D eigenvalue weighted by molar-refractivity contribution is 5.95. The van der Waals surface area contributed by atoms with Gasteiger partial charge in [-0.1, -0.05) is 12.2 Å². The van der Waals surface area contributed by atoms with Crippen LogP contribution in [0.3, 0.4) is 0 Å². The lowest BCUT2D eigenvalue weighted by molar-refractivity contribution is 0.311. The number of nitrogen functional groups attached to an aromatic ring is 1. The van der Waals surface area contributed by atoms with Crippen LogP contribution < -0.4 is 15.4 Å². The molecule has 0 unspecified atom stereocenters. The Hall–Kier alpha value is -2.34. The number of piperazine rings is 1. The second-order valence-corrected chi connectivity index (χ2v) is 6.51. The van der Waals surface area contributed by atoms with Crippen LogP contribution in [0.15, 0.2) is 12.1 Å². The summed E-state index contributed by atoms with van der Waals surface area (Å²) in [4.78, 5) is 14.0. The van der Waals surface area contributed by atoms with Gasteiger partial charge in [-0.2, -0.15) is 4.98 Å². The third kappa shape index (κ3) is 2.47. The van der Waals surface area contributed by atoms with Gasteiger partial charge in [0.2, 0.25) is 5.95 Å². The molecule has 6 heteroatoms. The molecule has 0 radical (unpaired) electrons. The topological polar surface area (TPSA) is 67.5 Å². The van der Waals surface area contributed by atoms with Gasteiger partial charge >= 0.3 is 0 Å². The predicted molar refractivity (Wildman–Crippen MR) is 97.6 cm³/mol. The summed E-state index contributed by atoms with van der Waals surface area (Å²) in [5, 5.41) is 0.888. The number of benzene rings is 1. The number of hydrogen-bond donors (Lipinski definition) is 1. The fourth-order valence-corrected chi connectivity index (χ4v) is 3.51. The molecular formula is C18H23N5O. The van der Waals surface area contributed by atoms with Crippen molar-refractivity contribution in [1.82, 2.24) is 14.9 Å². The normalized spacial score (nSPS) is 18.0. The summed E-state index contributed by atoms with van der Waals surface area (Å²) in [7, 11) is 3.83. The summed E-state index contributed by atoms with van der Waals surface area (Å²) in [5.41, 5.74) is 9.60. The maximum Gasteiger partial charge on any atom is 0.227 e. The van der Waals surface area contributed by atoms with E-state index in [9.17, 15) is 0 Å². The number of anilines is 2. The zero-order chi connectivity index (χ0) is 16.7. The van der Waals surface area contributed by atoms with Crippen LogP contribution in [0.5, 0.6) is 5.75 Å². The van der Waals surface area contributed by atoms with Gasteiger partial charge in [-0.15, -0.1) is 0 Å². The number of ether oxygens (including phenoxy) is 1. The number of aromatic nitrogens is 2. The van der Waals surface area contributed by atoms with Crippen molar-refractivity contribution in [2.75, 3.05) is 51.0 Å². The molecule has 1 aromatic carbocycles. The number of aryl methyl sites for hydroxylation is 1. The van der Waals surface area contributed by atoms with Crippen molar-refractivity contribution in [3.8, 4) is 5.75 Å². The quantitative estimate of drug-likeness (QED) is 0.910. The zero-order valence-electron chi connectivity index (χ0n) is 14.2. The van der Waals surface area contributed by atoms with Crippen molar-refractivity contribution in [1.29, 1.82) is 0 Å². The molecule has 0 bridgehead atoms. The molecule has 2 aliphatic rings. The van der Waals surface area contributed by atoms with E-state index in [1.165, 1.54) is 5.56 Å². The maximum atomic E-state index is 6.29. The zero-order valence-corrected chi connectivity index (χ0v) is 14.2. The molecule has 4 rings (SSSR count). The van der Waals surface area contributed by atoms with Gasteiger partial charge in [0, 0.05) is 37.1 Å². The highest BCUT2D eigenvalue weighted by Crippen LogP contribution is 2.36. The first-order valence-electron chi connectivity index (χ1n) is 8.44. The molecule has 6 nitrogen and oxygen atoms in total. The number of allylic oxidation sites excluding steroid dienone is 1. The maximum absolute atomic E-state index is 6.29. The predicted octanol–water partition coefficient (Wildman–Crippen LogP) is 1.93. The molecule has 1 aromatic heterocycles. The van der Waals surface area contributed by atoms with E-state index < -0.39 is 0 Å². The Morgan fingerprint density at radius 2 is 1.96 bits per heavy atom. The summed E-state index contributed by atoms with van der Waals surface area (Å²) in [6.45, 7) is 3.90. The Labute approximate surface area is 141 Å². The van der Waals surface area contributed by atoms with E-state index in [0.717, 1.165) is 67.2 Å². The van der Waals surface area contributed by atoms with Crippen LogP contribution in [0.25, 0.3) is 17.0 Å². The number of nitrogens with two attached hydrogens (primary N) is 1. The van der Waals surface area contributed by atoms with Gasteiger partial charge in [-0.25, -0.2) is 4.98 Å². The number of rotatable bonds is 2. The van der Waals surface area contributed by atoms with Gasteiger partial charge < -0.3 is 20.3 Å². The third-order valence-corrected chi connectivity index (χ3v) is 4.97. The average Bonchev–Trinajstić information content (AvgIpc) is 2.61. The van der Waals surface area contributed by atoms with E-state index in [1.807, 2.05) is 6.07 Å². The smallest absolute Gasteiger partial charge is 0.227 e. The first-order chi connectivity index (χ1) is 11.7.